The van der Waals surface area contributed by atoms with Crippen LogP contribution in [0.15, 0.2) is 26.3 Å². The summed E-state index contributed by atoms with van der Waals surface area (Å²) in [6.45, 7) is 36.2. The molecule has 0 aliphatic heterocycles. The van der Waals surface area contributed by atoms with Crippen LogP contribution in [0.5, 0.6) is 0 Å². The van der Waals surface area contributed by atoms with Crippen LogP contribution in [0, 0.1) is 21.7 Å². The number of hydrogen-bond donors (Lipinski definition) is 0. The van der Waals surface area contributed by atoms with Crippen molar-refractivity contribution in [3.8, 4) is 0 Å². The first kappa shape index (κ1) is 27.3. The van der Waals surface area contributed by atoms with Gasteiger partial charge in [0.25, 0.3) is 0 Å². The van der Waals surface area contributed by atoms with Gasteiger partial charge in [0.1, 0.15) is 0 Å². The third kappa shape index (κ3) is 14.8. The SMILES string of the molecule is C=C.C=C.CCC(C)(C)CC(C)(C)CC(C)(C)CC(C)(C)CC. The number of hydrogen-bond acceptors (Lipinski definition) is 0. The maximum Gasteiger partial charge on any atom is -0.0344 e. The van der Waals surface area contributed by atoms with Crippen molar-refractivity contribution in [1.82, 2.24) is 0 Å². The second-order valence-corrected chi connectivity index (χ2v) is 9.89. The molecule has 0 N–H and O–H groups in total. The van der Waals surface area contributed by atoms with Crippen LogP contribution in [-0.2, 0) is 0 Å². The molecule has 0 aromatic heterocycles. The molecule has 0 amide bonds. The second-order valence-electron chi connectivity index (χ2n) is 9.89. The fourth-order valence-electron chi connectivity index (χ4n) is 4.26. The summed E-state index contributed by atoms with van der Waals surface area (Å²) in [7, 11) is 0. The molecule has 0 aliphatic rings. The smallest absolute Gasteiger partial charge is 0.0344 e. The van der Waals surface area contributed by atoms with Crippen LogP contribution in [0.1, 0.15) is 101 Å². The molecule has 0 aromatic rings. The summed E-state index contributed by atoms with van der Waals surface area (Å²) in [6.07, 6.45) is 6.53. The van der Waals surface area contributed by atoms with Gasteiger partial charge in [0.15, 0.2) is 0 Å². The Morgan fingerprint density at radius 2 is 0.609 bits per heavy atom. The predicted octanol–water partition coefficient (Wildman–Crippen LogP) is 8.69. The lowest BCUT2D eigenvalue weighted by atomic mass is 9.63. The Hall–Kier alpha value is -0.520. The minimum Gasteiger partial charge on any atom is -0.106 e. The van der Waals surface area contributed by atoms with E-state index in [0.717, 1.165) is 0 Å². The summed E-state index contributed by atoms with van der Waals surface area (Å²) < 4.78 is 0. The zero-order valence-corrected chi connectivity index (χ0v) is 18.4. The topological polar surface area (TPSA) is 0 Å². The molecule has 140 valence electrons. The standard InChI is InChI=1S/C19H40.2C2H4/c1-11-16(3,4)13-18(7,8)15-19(9,10)14-17(5,6)12-2;2*1-2/h11-15H2,1-10H3;2*1-2H2. The third-order valence-electron chi connectivity index (χ3n) is 4.79. The minimum absolute atomic E-state index is 0.437. The molecule has 0 radical (unpaired) electrons. The molecule has 0 nitrogen and oxygen atoms in total. The molecule has 0 saturated carbocycles. The van der Waals surface area contributed by atoms with Gasteiger partial charge >= 0.3 is 0 Å². The summed E-state index contributed by atoms with van der Waals surface area (Å²) in [5, 5.41) is 0. The van der Waals surface area contributed by atoms with Crippen molar-refractivity contribution in [3.63, 3.8) is 0 Å². The zero-order valence-electron chi connectivity index (χ0n) is 18.4. The van der Waals surface area contributed by atoms with Crippen molar-refractivity contribution >= 4 is 0 Å². The molecule has 0 atom stereocenters. The quantitative estimate of drug-likeness (QED) is 0.392. The maximum absolute atomic E-state index is 3.00. The van der Waals surface area contributed by atoms with E-state index in [0.29, 0.717) is 21.7 Å². The van der Waals surface area contributed by atoms with Gasteiger partial charge in [-0.2, -0.15) is 0 Å². The fourth-order valence-corrected chi connectivity index (χ4v) is 4.26. The van der Waals surface area contributed by atoms with Gasteiger partial charge < -0.3 is 0 Å². The van der Waals surface area contributed by atoms with Gasteiger partial charge in [0, 0.05) is 0 Å². The molecule has 0 rings (SSSR count). The summed E-state index contributed by atoms with van der Waals surface area (Å²) in [6, 6.07) is 0. The normalized spacial score (nSPS) is 12.6. The molecular weight excluding hydrogens is 276 g/mol. The molecule has 0 heterocycles. The molecule has 0 bridgehead atoms. The molecule has 23 heavy (non-hydrogen) atoms. The van der Waals surface area contributed by atoms with Gasteiger partial charge in [-0.05, 0) is 40.9 Å². The van der Waals surface area contributed by atoms with E-state index in [-0.39, 0.29) is 0 Å². The van der Waals surface area contributed by atoms with Gasteiger partial charge in [-0.1, -0.05) is 82.1 Å². The van der Waals surface area contributed by atoms with E-state index >= 15 is 0 Å². The van der Waals surface area contributed by atoms with Gasteiger partial charge in [0.05, 0.1) is 0 Å². The molecular formula is C23H48. The predicted molar refractivity (Wildman–Crippen MR) is 112 cm³/mol. The van der Waals surface area contributed by atoms with Gasteiger partial charge in [-0.15, -0.1) is 26.3 Å². The molecule has 0 unspecified atom stereocenters. The Balaban J connectivity index is -0.000000919. The molecule has 0 fully saturated rings. The first-order valence-corrected chi connectivity index (χ1v) is 9.24. The lowest BCUT2D eigenvalue weighted by Crippen LogP contribution is -2.31. The van der Waals surface area contributed by atoms with E-state index in [1.165, 1.54) is 32.1 Å². The van der Waals surface area contributed by atoms with Crippen molar-refractivity contribution in [2.45, 2.75) is 101 Å². The summed E-state index contributed by atoms with van der Waals surface area (Å²) in [4.78, 5) is 0. The molecule has 0 saturated heterocycles. The Morgan fingerprint density at radius 1 is 0.435 bits per heavy atom. The average molecular weight is 325 g/mol. The summed E-state index contributed by atoms with van der Waals surface area (Å²) in [5.41, 5.74) is 1.82. The van der Waals surface area contributed by atoms with Gasteiger partial charge in [0.2, 0.25) is 0 Å². The first-order chi connectivity index (χ1) is 10.2. The highest BCUT2D eigenvalue weighted by Gasteiger charge is 2.35. The average Bonchev–Trinajstić information content (AvgIpc) is 2.39. The third-order valence-corrected chi connectivity index (χ3v) is 4.79. The van der Waals surface area contributed by atoms with E-state index in [1.807, 2.05) is 0 Å². The number of rotatable bonds is 8. The van der Waals surface area contributed by atoms with Gasteiger partial charge in [-0.25, -0.2) is 0 Å². The summed E-state index contributed by atoms with van der Waals surface area (Å²) >= 11 is 0. The summed E-state index contributed by atoms with van der Waals surface area (Å²) in [5.74, 6) is 0. The van der Waals surface area contributed by atoms with Gasteiger partial charge in [-0.3, -0.25) is 0 Å². The van der Waals surface area contributed by atoms with E-state index in [2.05, 4.69) is 95.6 Å². The largest absolute Gasteiger partial charge is 0.106 e. The Bertz CT molecular complexity index is 261. The van der Waals surface area contributed by atoms with E-state index in [1.54, 1.807) is 0 Å². The lowest BCUT2D eigenvalue weighted by molar-refractivity contribution is 0.0868. The van der Waals surface area contributed by atoms with Crippen LogP contribution in [0.4, 0.5) is 0 Å². The second kappa shape index (κ2) is 11.1. The van der Waals surface area contributed by atoms with E-state index in [9.17, 15) is 0 Å². The van der Waals surface area contributed by atoms with Crippen molar-refractivity contribution in [1.29, 1.82) is 0 Å². The van der Waals surface area contributed by atoms with Crippen LogP contribution in [-0.4, -0.2) is 0 Å². The van der Waals surface area contributed by atoms with Crippen LogP contribution < -0.4 is 0 Å². The zero-order chi connectivity index (χ0) is 19.5. The first-order valence-electron chi connectivity index (χ1n) is 9.24. The Labute approximate surface area is 149 Å². The van der Waals surface area contributed by atoms with E-state index < -0.39 is 0 Å². The highest BCUT2D eigenvalue weighted by molar-refractivity contribution is 4.86. The fraction of sp³-hybridized carbons (Fsp3) is 0.826. The maximum atomic E-state index is 3.00. The minimum atomic E-state index is 0.437. The van der Waals surface area contributed by atoms with Crippen molar-refractivity contribution < 1.29 is 0 Å². The Kier molecular flexibility index (Phi) is 13.2. The van der Waals surface area contributed by atoms with Crippen LogP contribution >= 0.6 is 0 Å². The molecule has 0 heteroatoms. The highest BCUT2D eigenvalue weighted by atomic mass is 14.4. The van der Waals surface area contributed by atoms with Crippen molar-refractivity contribution in [3.05, 3.63) is 26.3 Å². The van der Waals surface area contributed by atoms with Crippen LogP contribution in [0.2, 0.25) is 0 Å². The Morgan fingerprint density at radius 3 is 0.783 bits per heavy atom. The van der Waals surface area contributed by atoms with Crippen LogP contribution in [0.3, 0.4) is 0 Å². The van der Waals surface area contributed by atoms with Crippen LogP contribution in [0.25, 0.3) is 0 Å². The lowest BCUT2D eigenvalue weighted by Gasteiger charge is -2.42. The molecule has 0 aliphatic carbocycles. The highest BCUT2D eigenvalue weighted by Crippen LogP contribution is 2.47. The van der Waals surface area contributed by atoms with Crippen molar-refractivity contribution in [2.24, 2.45) is 21.7 Å². The molecule has 0 spiro atoms. The monoisotopic (exact) mass is 324 g/mol. The van der Waals surface area contributed by atoms with E-state index in [4.69, 9.17) is 0 Å². The molecule has 0 aromatic carbocycles. The van der Waals surface area contributed by atoms with Crippen molar-refractivity contribution in [2.75, 3.05) is 0 Å².